The third-order valence-electron chi connectivity index (χ3n) is 5.56. The van der Waals surface area contributed by atoms with E-state index in [4.69, 9.17) is 4.98 Å². The Bertz CT molecular complexity index is 1280. The molecule has 31 heavy (non-hydrogen) atoms. The molecule has 0 fully saturated rings. The molecule has 0 aliphatic heterocycles. The van der Waals surface area contributed by atoms with Gasteiger partial charge in [0.05, 0.1) is 11.0 Å². The summed E-state index contributed by atoms with van der Waals surface area (Å²) in [4.78, 5) is 8.58. The standard InChI is InChI=1S/C29H28N2/c1-6-12-20(7-2)23-15-11-16-24(21-13-9-8-10-14-21)27(23)28-30-25-18-17-22(29(3,4)5)19-26(25)31-28/h6-19H,1-2H2,3-5H3,(H,30,31)/b20-12+. The number of hydrogen-bond acceptors (Lipinski definition) is 1. The summed E-state index contributed by atoms with van der Waals surface area (Å²) in [5.74, 6) is 0.854. The van der Waals surface area contributed by atoms with E-state index in [0.29, 0.717) is 0 Å². The molecule has 154 valence electrons. The molecular weight excluding hydrogens is 376 g/mol. The Labute approximate surface area is 184 Å². The number of aromatic nitrogens is 2. The van der Waals surface area contributed by atoms with Crippen molar-refractivity contribution < 1.29 is 0 Å². The average Bonchev–Trinajstić information content (AvgIpc) is 3.20. The van der Waals surface area contributed by atoms with Gasteiger partial charge in [-0.2, -0.15) is 0 Å². The first-order valence-electron chi connectivity index (χ1n) is 10.6. The topological polar surface area (TPSA) is 28.7 Å². The van der Waals surface area contributed by atoms with Gasteiger partial charge in [0.15, 0.2) is 0 Å². The van der Waals surface area contributed by atoms with Gasteiger partial charge in [0.25, 0.3) is 0 Å². The minimum absolute atomic E-state index is 0.0786. The van der Waals surface area contributed by atoms with Crippen molar-refractivity contribution in [2.75, 3.05) is 0 Å². The highest BCUT2D eigenvalue weighted by Gasteiger charge is 2.19. The first-order valence-corrected chi connectivity index (χ1v) is 10.6. The normalized spacial score (nSPS) is 12.2. The number of aromatic amines is 1. The van der Waals surface area contributed by atoms with E-state index >= 15 is 0 Å². The lowest BCUT2D eigenvalue weighted by Crippen LogP contribution is -2.10. The number of benzene rings is 3. The van der Waals surface area contributed by atoms with Crippen molar-refractivity contribution in [3.8, 4) is 22.5 Å². The lowest BCUT2D eigenvalue weighted by molar-refractivity contribution is 0.591. The van der Waals surface area contributed by atoms with Gasteiger partial charge < -0.3 is 4.98 Å². The Morgan fingerprint density at radius 3 is 2.39 bits per heavy atom. The number of imidazole rings is 1. The quantitative estimate of drug-likeness (QED) is 0.336. The maximum Gasteiger partial charge on any atom is 0.139 e. The Morgan fingerprint density at radius 1 is 0.935 bits per heavy atom. The van der Waals surface area contributed by atoms with Crippen molar-refractivity contribution in [2.45, 2.75) is 26.2 Å². The fourth-order valence-electron chi connectivity index (χ4n) is 3.90. The monoisotopic (exact) mass is 404 g/mol. The Kier molecular flexibility index (Phi) is 5.48. The number of H-pyrrole nitrogens is 1. The fourth-order valence-corrected chi connectivity index (χ4v) is 3.90. The predicted molar refractivity (Wildman–Crippen MR) is 134 cm³/mol. The summed E-state index contributed by atoms with van der Waals surface area (Å²) in [6, 6.07) is 23.3. The number of hydrogen-bond donors (Lipinski definition) is 1. The number of fused-ring (bicyclic) bond motifs is 1. The molecule has 0 aliphatic carbocycles. The zero-order valence-corrected chi connectivity index (χ0v) is 18.4. The van der Waals surface area contributed by atoms with Crippen LogP contribution in [0.3, 0.4) is 0 Å². The predicted octanol–water partition coefficient (Wildman–Crippen LogP) is 7.95. The molecule has 4 aromatic rings. The Balaban J connectivity index is 2.01. The van der Waals surface area contributed by atoms with Crippen LogP contribution in [0, 0.1) is 0 Å². The van der Waals surface area contributed by atoms with E-state index in [0.717, 1.165) is 44.7 Å². The lowest BCUT2D eigenvalue weighted by Gasteiger charge is -2.18. The molecule has 2 heteroatoms. The smallest absolute Gasteiger partial charge is 0.139 e. The summed E-state index contributed by atoms with van der Waals surface area (Å²) >= 11 is 0. The van der Waals surface area contributed by atoms with Crippen LogP contribution in [0.2, 0.25) is 0 Å². The van der Waals surface area contributed by atoms with E-state index < -0.39 is 0 Å². The molecule has 0 bridgehead atoms. The van der Waals surface area contributed by atoms with Crippen molar-refractivity contribution in [2.24, 2.45) is 0 Å². The highest BCUT2D eigenvalue weighted by Crippen LogP contribution is 2.38. The minimum Gasteiger partial charge on any atom is -0.338 e. The molecule has 0 unspecified atom stereocenters. The molecule has 0 radical (unpaired) electrons. The second-order valence-corrected chi connectivity index (χ2v) is 8.72. The third-order valence-corrected chi connectivity index (χ3v) is 5.56. The molecular formula is C29H28N2. The van der Waals surface area contributed by atoms with Crippen LogP contribution in [-0.4, -0.2) is 9.97 Å². The van der Waals surface area contributed by atoms with Crippen molar-refractivity contribution in [1.82, 2.24) is 9.97 Å². The largest absolute Gasteiger partial charge is 0.338 e. The van der Waals surface area contributed by atoms with Crippen LogP contribution in [0.1, 0.15) is 31.9 Å². The van der Waals surface area contributed by atoms with Crippen LogP contribution in [0.5, 0.6) is 0 Å². The van der Waals surface area contributed by atoms with Crippen LogP contribution in [0.25, 0.3) is 39.1 Å². The summed E-state index contributed by atoms with van der Waals surface area (Å²) in [6.45, 7) is 14.6. The summed E-state index contributed by atoms with van der Waals surface area (Å²) in [5.41, 5.74) is 8.80. The van der Waals surface area contributed by atoms with E-state index in [1.807, 2.05) is 18.2 Å². The van der Waals surface area contributed by atoms with Gasteiger partial charge in [0.1, 0.15) is 5.82 Å². The van der Waals surface area contributed by atoms with Crippen molar-refractivity contribution >= 4 is 16.6 Å². The summed E-state index contributed by atoms with van der Waals surface area (Å²) in [7, 11) is 0. The third kappa shape index (κ3) is 4.02. The van der Waals surface area contributed by atoms with Gasteiger partial charge in [-0.25, -0.2) is 4.98 Å². The first kappa shape index (κ1) is 20.6. The number of nitrogens with one attached hydrogen (secondary N) is 1. The second-order valence-electron chi connectivity index (χ2n) is 8.72. The van der Waals surface area contributed by atoms with Gasteiger partial charge in [0, 0.05) is 5.56 Å². The molecule has 0 amide bonds. The van der Waals surface area contributed by atoms with E-state index in [2.05, 4.69) is 99.6 Å². The van der Waals surface area contributed by atoms with Crippen LogP contribution >= 0.6 is 0 Å². The SMILES string of the molecule is C=C/C=C(\C=C)c1cccc(-c2ccccc2)c1-c1nc2ccc(C(C)(C)C)cc2[nH]1. The highest BCUT2D eigenvalue weighted by atomic mass is 14.9. The Hall–Kier alpha value is -3.65. The number of rotatable bonds is 5. The van der Waals surface area contributed by atoms with Gasteiger partial charge in [-0.3, -0.25) is 0 Å². The molecule has 0 aliphatic rings. The lowest BCUT2D eigenvalue weighted by atomic mass is 9.87. The zero-order valence-electron chi connectivity index (χ0n) is 18.4. The van der Waals surface area contributed by atoms with Crippen LogP contribution < -0.4 is 0 Å². The minimum atomic E-state index is 0.0786. The van der Waals surface area contributed by atoms with Crippen LogP contribution in [-0.2, 0) is 5.41 Å². The molecule has 4 rings (SSSR count). The van der Waals surface area contributed by atoms with E-state index in [1.54, 1.807) is 6.08 Å². The molecule has 0 saturated heterocycles. The maximum absolute atomic E-state index is 4.99. The molecule has 1 aromatic heterocycles. The number of allylic oxidation sites excluding steroid dienone is 4. The highest BCUT2D eigenvalue weighted by molar-refractivity contribution is 5.94. The molecule has 0 atom stereocenters. The fraction of sp³-hybridized carbons (Fsp3) is 0.138. The maximum atomic E-state index is 4.99. The van der Waals surface area contributed by atoms with Crippen molar-refractivity contribution in [3.63, 3.8) is 0 Å². The zero-order chi connectivity index (χ0) is 22.0. The van der Waals surface area contributed by atoms with Gasteiger partial charge in [-0.15, -0.1) is 0 Å². The van der Waals surface area contributed by atoms with Gasteiger partial charge >= 0.3 is 0 Å². The van der Waals surface area contributed by atoms with Crippen molar-refractivity contribution in [3.05, 3.63) is 109 Å². The van der Waals surface area contributed by atoms with Gasteiger partial charge in [-0.05, 0) is 45.4 Å². The molecule has 1 heterocycles. The summed E-state index contributed by atoms with van der Waals surface area (Å²) < 4.78 is 0. The summed E-state index contributed by atoms with van der Waals surface area (Å²) in [5, 5.41) is 0. The van der Waals surface area contributed by atoms with Gasteiger partial charge in [0.2, 0.25) is 0 Å². The molecule has 1 N–H and O–H groups in total. The van der Waals surface area contributed by atoms with E-state index in [-0.39, 0.29) is 5.41 Å². The van der Waals surface area contributed by atoms with Gasteiger partial charge in [-0.1, -0.05) is 107 Å². The van der Waals surface area contributed by atoms with Crippen molar-refractivity contribution in [1.29, 1.82) is 0 Å². The summed E-state index contributed by atoms with van der Waals surface area (Å²) in [6.07, 6.45) is 5.65. The first-order chi connectivity index (χ1) is 14.9. The van der Waals surface area contributed by atoms with Crippen LogP contribution in [0.15, 0.2) is 98.1 Å². The van der Waals surface area contributed by atoms with Crippen LogP contribution in [0.4, 0.5) is 0 Å². The molecule has 0 spiro atoms. The Morgan fingerprint density at radius 2 is 1.71 bits per heavy atom. The van der Waals surface area contributed by atoms with E-state index in [1.165, 1.54) is 5.56 Å². The van der Waals surface area contributed by atoms with E-state index in [9.17, 15) is 0 Å². The molecule has 0 saturated carbocycles. The molecule has 2 nitrogen and oxygen atoms in total. The average molecular weight is 405 g/mol. The number of nitrogens with zero attached hydrogens (tertiary/aromatic N) is 1. The second kappa shape index (κ2) is 8.23. The molecule has 3 aromatic carbocycles.